The first-order chi connectivity index (χ1) is 9.56. The van der Waals surface area contributed by atoms with E-state index >= 15 is 0 Å². The van der Waals surface area contributed by atoms with Gasteiger partial charge in [-0.3, -0.25) is 0 Å². The molecule has 0 saturated heterocycles. The predicted molar refractivity (Wildman–Crippen MR) is 88.5 cm³/mol. The van der Waals surface area contributed by atoms with E-state index in [9.17, 15) is 0 Å². The SMILES string of the molecule is CC(C)c1nc(-c2ccc3c(c2)CCO3)nc(Cl)c1I. The topological polar surface area (TPSA) is 35.0 Å². The van der Waals surface area contributed by atoms with Crippen LogP contribution in [-0.2, 0) is 6.42 Å². The van der Waals surface area contributed by atoms with Crippen molar-refractivity contribution in [3.8, 4) is 17.1 Å². The van der Waals surface area contributed by atoms with Gasteiger partial charge < -0.3 is 4.74 Å². The van der Waals surface area contributed by atoms with Crippen molar-refractivity contribution in [1.29, 1.82) is 0 Å². The Hall–Kier alpha value is -0.880. The molecule has 0 amide bonds. The van der Waals surface area contributed by atoms with Crippen molar-refractivity contribution in [2.75, 3.05) is 6.61 Å². The molecule has 3 rings (SSSR count). The maximum absolute atomic E-state index is 6.25. The van der Waals surface area contributed by atoms with Crippen molar-refractivity contribution >= 4 is 34.2 Å². The quantitative estimate of drug-likeness (QED) is 0.551. The van der Waals surface area contributed by atoms with Crippen LogP contribution in [0.5, 0.6) is 5.75 Å². The molecule has 0 saturated carbocycles. The maximum Gasteiger partial charge on any atom is 0.161 e. The highest BCUT2D eigenvalue weighted by Crippen LogP contribution is 2.32. The first kappa shape index (κ1) is 14.1. The van der Waals surface area contributed by atoms with Crippen LogP contribution in [-0.4, -0.2) is 16.6 Å². The Labute approximate surface area is 136 Å². The molecule has 1 aliphatic heterocycles. The molecule has 0 unspecified atom stereocenters. The maximum atomic E-state index is 6.25. The van der Waals surface area contributed by atoms with Gasteiger partial charge in [-0.15, -0.1) is 0 Å². The third-order valence-corrected chi connectivity index (χ3v) is 4.99. The molecule has 3 nitrogen and oxygen atoms in total. The summed E-state index contributed by atoms with van der Waals surface area (Å²) in [5.41, 5.74) is 3.21. The number of benzene rings is 1. The van der Waals surface area contributed by atoms with Crippen LogP contribution in [0.3, 0.4) is 0 Å². The molecule has 1 aliphatic rings. The molecule has 0 radical (unpaired) electrons. The standard InChI is InChI=1S/C15H14ClIN2O/c1-8(2)13-12(17)14(16)19-15(18-13)10-3-4-11-9(7-10)5-6-20-11/h3-4,7-8H,5-6H2,1-2H3. The van der Waals surface area contributed by atoms with E-state index in [1.165, 1.54) is 5.56 Å². The lowest BCUT2D eigenvalue weighted by atomic mass is 10.1. The number of nitrogens with zero attached hydrogens (tertiary/aromatic N) is 2. The van der Waals surface area contributed by atoms with Crippen molar-refractivity contribution in [2.45, 2.75) is 26.2 Å². The van der Waals surface area contributed by atoms with Gasteiger partial charge in [0, 0.05) is 12.0 Å². The normalized spacial score (nSPS) is 13.4. The summed E-state index contributed by atoms with van der Waals surface area (Å²) < 4.78 is 6.46. The summed E-state index contributed by atoms with van der Waals surface area (Å²) in [5.74, 6) is 1.97. The Morgan fingerprint density at radius 1 is 1.30 bits per heavy atom. The van der Waals surface area contributed by atoms with Gasteiger partial charge in [0.15, 0.2) is 5.82 Å². The van der Waals surface area contributed by atoms with Crippen LogP contribution >= 0.6 is 34.2 Å². The summed E-state index contributed by atoms with van der Waals surface area (Å²) in [6.07, 6.45) is 0.943. The average Bonchev–Trinajstić information content (AvgIpc) is 2.88. The average molecular weight is 401 g/mol. The molecule has 1 aromatic heterocycles. The second-order valence-corrected chi connectivity index (χ2v) is 6.55. The minimum atomic E-state index is 0.318. The van der Waals surface area contributed by atoms with E-state index in [-0.39, 0.29) is 0 Å². The number of ether oxygens (including phenoxy) is 1. The van der Waals surface area contributed by atoms with Crippen LogP contribution in [0.4, 0.5) is 0 Å². The molecular formula is C15H14ClIN2O. The van der Waals surface area contributed by atoms with Crippen LogP contribution in [0.25, 0.3) is 11.4 Å². The van der Waals surface area contributed by atoms with Crippen molar-refractivity contribution in [3.63, 3.8) is 0 Å². The lowest BCUT2D eigenvalue weighted by Gasteiger charge is -2.11. The Morgan fingerprint density at radius 3 is 2.85 bits per heavy atom. The molecule has 5 heteroatoms. The number of hydrogen-bond donors (Lipinski definition) is 0. The summed E-state index contributed by atoms with van der Waals surface area (Å²) in [7, 11) is 0. The molecule has 2 heterocycles. The van der Waals surface area contributed by atoms with E-state index < -0.39 is 0 Å². The molecule has 0 bridgehead atoms. The monoisotopic (exact) mass is 400 g/mol. The lowest BCUT2D eigenvalue weighted by Crippen LogP contribution is -2.02. The van der Waals surface area contributed by atoms with Crippen molar-refractivity contribution in [3.05, 3.63) is 38.2 Å². The predicted octanol–water partition coefficient (Wildman–Crippen LogP) is 4.46. The molecule has 0 aliphatic carbocycles. The molecule has 2 aromatic rings. The Morgan fingerprint density at radius 2 is 2.10 bits per heavy atom. The zero-order valence-electron chi connectivity index (χ0n) is 11.3. The lowest BCUT2D eigenvalue weighted by molar-refractivity contribution is 0.357. The largest absolute Gasteiger partial charge is 0.493 e. The highest BCUT2D eigenvalue weighted by molar-refractivity contribution is 14.1. The molecular weight excluding hydrogens is 387 g/mol. The summed E-state index contributed by atoms with van der Waals surface area (Å²) >= 11 is 8.46. The van der Waals surface area contributed by atoms with E-state index in [4.69, 9.17) is 16.3 Å². The van der Waals surface area contributed by atoms with Gasteiger partial charge in [0.1, 0.15) is 10.9 Å². The Bertz CT molecular complexity index is 673. The molecule has 0 spiro atoms. The third kappa shape index (κ3) is 2.51. The zero-order chi connectivity index (χ0) is 14.3. The van der Waals surface area contributed by atoms with Crippen LogP contribution in [0.15, 0.2) is 18.2 Å². The van der Waals surface area contributed by atoms with Crippen molar-refractivity contribution in [1.82, 2.24) is 9.97 Å². The smallest absolute Gasteiger partial charge is 0.161 e. The number of hydrogen-bond acceptors (Lipinski definition) is 3. The number of fused-ring (bicyclic) bond motifs is 1. The zero-order valence-corrected chi connectivity index (χ0v) is 14.2. The fourth-order valence-corrected chi connectivity index (χ4v) is 3.31. The van der Waals surface area contributed by atoms with E-state index in [0.29, 0.717) is 16.9 Å². The summed E-state index contributed by atoms with van der Waals surface area (Å²) in [4.78, 5) is 9.10. The van der Waals surface area contributed by atoms with Crippen LogP contribution in [0.1, 0.15) is 31.0 Å². The molecule has 104 valence electrons. The third-order valence-electron chi connectivity index (χ3n) is 3.33. The molecule has 0 atom stereocenters. The first-order valence-electron chi connectivity index (χ1n) is 6.55. The fourth-order valence-electron chi connectivity index (χ4n) is 2.27. The van der Waals surface area contributed by atoms with Gasteiger partial charge in [0.2, 0.25) is 0 Å². The van der Waals surface area contributed by atoms with Crippen molar-refractivity contribution < 1.29 is 4.74 Å². The van der Waals surface area contributed by atoms with E-state index in [1.807, 2.05) is 12.1 Å². The van der Waals surface area contributed by atoms with Gasteiger partial charge in [-0.25, -0.2) is 9.97 Å². The molecule has 0 N–H and O–H groups in total. The summed E-state index contributed by atoms with van der Waals surface area (Å²) in [6, 6.07) is 6.08. The Balaban J connectivity index is 2.10. The summed E-state index contributed by atoms with van der Waals surface area (Å²) in [6.45, 7) is 4.98. The van der Waals surface area contributed by atoms with Crippen LogP contribution in [0, 0.1) is 3.57 Å². The van der Waals surface area contributed by atoms with E-state index in [2.05, 4.69) is 52.5 Å². The molecule has 1 aromatic carbocycles. The van der Waals surface area contributed by atoms with Gasteiger partial charge in [-0.1, -0.05) is 25.4 Å². The highest BCUT2D eigenvalue weighted by atomic mass is 127. The number of aromatic nitrogens is 2. The molecule has 20 heavy (non-hydrogen) atoms. The van der Waals surface area contributed by atoms with E-state index in [0.717, 1.165) is 33.6 Å². The second-order valence-electron chi connectivity index (χ2n) is 5.11. The van der Waals surface area contributed by atoms with Crippen LogP contribution < -0.4 is 4.74 Å². The summed E-state index contributed by atoms with van der Waals surface area (Å²) in [5, 5.41) is 0.524. The van der Waals surface area contributed by atoms with E-state index in [1.54, 1.807) is 0 Å². The Kier molecular flexibility index (Phi) is 3.86. The van der Waals surface area contributed by atoms with Crippen LogP contribution in [0.2, 0.25) is 5.15 Å². The first-order valence-corrected chi connectivity index (χ1v) is 8.01. The van der Waals surface area contributed by atoms with Gasteiger partial charge in [-0.2, -0.15) is 0 Å². The van der Waals surface area contributed by atoms with Gasteiger partial charge in [-0.05, 0) is 52.3 Å². The number of rotatable bonds is 2. The second kappa shape index (κ2) is 5.48. The number of halogens is 2. The van der Waals surface area contributed by atoms with Gasteiger partial charge in [0.05, 0.1) is 15.9 Å². The van der Waals surface area contributed by atoms with Crippen molar-refractivity contribution in [2.24, 2.45) is 0 Å². The minimum absolute atomic E-state index is 0.318. The minimum Gasteiger partial charge on any atom is -0.493 e. The highest BCUT2D eigenvalue weighted by Gasteiger charge is 2.17. The van der Waals surface area contributed by atoms with Gasteiger partial charge >= 0.3 is 0 Å². The van der Waals surface area contributed by atoms with Gasteiger partial charge in [0.25, 0.3) is 0 Å². The molecule has 0 fully saturated rings. The fraction of sp³-hybridized carbons (Fsp3) is 0.333.